The molecule has 0 bridgehead atoms. The summed E-state index contributed by atoms with van der Waals surface area (Å²) in [5, 5.41) is 14.5. The summed E-state index contributed by atoms with van der Waals surface area (Å²) in [5.41, 5.74) is 0.830. The zero-order valence-corrected chi connectivity index (χ0v) is 14.8. The average molecular weight is 349 g/mol. The number of hydrogen-bond donors (Lipinski definition) is 1. The number of nitro benzene ring substituents is 1. The number of ether oxygens (including phenoxy) is 1. The summed E-state index contributed by atoms with van der Waals surface area (Å²) in [6, 6.07) is 10.8. The van der Waals surface area contributed by atoms with Gasteiger partial charge in [0.2, 0.25) is 0 Å². The molecule has 2 rings (SSSR count). The van der Waals surface area contributed by atoms with E-state index in [1.54, 1.807) is 36.6 Å². The third-order valence-electron chi connectivity index (χ3n) is 3.67. The zero-order chi connectivity index (χ0) is 17.4. The van der Waals surface area contributed by atoms with Crippen molar-refractivity contribution in [2.75, 3.05) is 40.4 Å². The van der Waals surface area contributed by atoms with E-state index in [9.17, 15) is 10.1 Å². The molecule has 0 saturated carbocycles. The van der Waals surface area contributed by atoms with Gasteiger partial charge in [0.25, 0.3) is 5.69 Å². The Morgan fingerprint density at radius 1 is 1.25 bits per heavy atom. The highest BCUT2D eigenvalue weighted by Gasteiger charge is 2.15. The molecule has 0 spiro atoms. The molecule has 1 aromatic carbocycles. The molecule has 0 aliphatic carbocycles. The van der Waals surface area contributed by atoms with Crippen LogP contribution in [0.1, 0.15) is 4.88 Å². The van der Waals surface area contributed by atoms with Crippen molar-refractivity contribution in [3.05, 3.63) is 51.4 Å². The standard InChI is InChI=1S/C17H23N3O3S/c1-19(11-12-23-2)10-9-18-13-14-7-8-17(24-14)15-5-3-4-6-16(15)20(21)22/h3-8,18H,9-13H2,1-2H3. The van der Waals surface area contributed by atoms with Crippen molar-refractivity contribution in [1.82, 2.24) is 10.2 Å². The van der Waals surface area contributed by atoms with Gasteiger partial charge in [-0.2, -0.15) is 0 Å². The van der Waals surface area contributed by atoms with Crippen LogP contribution in [0, 0.1) is 10.1 Å². The second kappa shape index (κ2) is 9.48. The molecular formula is C17H23N3O3S. The van der Waals surface area contributed by atoms with Crippen molar-refractivity contribution < 1.29 is 9.66 Å². The first-order valence-corrected chi connectivity index (χ1v) is 8.64. The predicted octanol–water partition coefficient (Wildman–Crippen LogP) is 2.99. The largest absolute Gasteiger partial charge is 0.383 e. The highest BCUT2D eigenvalue weighted by atomic mass is 32.1. The highest BCUT2D eigenvalue weighted by molar-refractivity contribution is 7.15. The molecule has 7 heteroatoms. The number of thiophene rings is 1. The van der Waals surface area contributed by atoms with Crippen LogP contribution < -0.4 is 5.32 Å². The Labute approximate surface area is 146 Å². The van der Waals surface area contributed by atoms with Gasteiger partial charge in [0.05, 0.1) is 17.1 Å². The minimum absolute atomic E-state index is 0.152. The Morgan fingerprint density at radius 2 is 2.04 bits per heavy atom. The molecule has 24 heavy (non-hydrogen) atoms. The topological polar surface area (TPSA) is 67.6 Å². The lowest BCUT2D eigenvalue weighted by Crippen LogP contribution is -2.31. The molecular weight excluding hydrogens is 326 g/mol. The van der Waals surface area contributed by atoms with Crippen molar-refractivity contribution in [1.29, 1.82) is 0 Å². The summed E-state index contributed by atoms with van der Waals surface area (Å²) in [6.07, 6.45) is 0. The van der Waals surface area contributed by atoms with Gasteiger partial charge < -0.3 is 15.0 Å². The van der Waals surface area contributed by atoms with Crippen LogP contribution in [0.15, 0.2) is 36.4 Å². The molecule has 0 atom stereocenters. The average Bonchev–Trinajstić information content (AvgIpc) is 3.05. The fraction of sp³-hybridized carbons (Fsp3) is 0.412. The Kier molecular flexibility index (Phi) is 7.33. The van der Waals surface area contributed by atoms with Gasteiger partial charge in [-0.1, -0.05) is 12.1 Å². The first-order valence-electron chi connectivity index (χ1n) is 7.82. The Morgan fingerprint density at radius 3 is 2.79 bits per heavy atom. The first-order chi connectivity index (χ1) is 11.6. The predicted molar refractivity (Wildman–Crippen MR) is 97.5 cm³/mol. The fourth-order valence-electron chi connectivity index (χ4n) is 2.30. The highest BCUT2D eigenvalue weighted by Crippen LogP contribution is 2.34. The minimum Gasteiger partial charge on any atom is -0.383 e. The molecule has 0 radical (unpaired) electrons. The smallest absolute Gasteiger partial charge is 0.278 e. The maximum Gasteiger partial charge on any atom is 0.278 e. The number of methoxy groups -OCH3 is 1. The van der Waals surface area contributed by atoms with Crippen molar-refractivity contribution in [2.45, 2.75) is 6.54 Å². The molecule has 0 aliphatic heterocycles. The summed E-state index contributed by atoms with van der Waals surface area (Å²) in [4.78, 5) is 15.1. The Balaban J connectivity index is 1.87. The van der Waals surface area contributed by atoms with E-state index in [0.29, 0.717) is 5.56 Å². The van der Waals surface area contributed by atoms with E-state index >= 15 is 0 Å². The van der Waals surface area contributed by atoms with Gasteiger partial charge in [0.1, 0.15) is 0 Å². The number of benzene rings is 1. The quantitative estimate of drug-likeness (QED) is 0.406. The van der Waals surface area contributed by atoms with Crippen molar-refractivity contribution in [2.24, 2.45) is 0 Å². The van der Waals surface area contributed by atoms with E-state index < -0.39 is 0 Å². The van der Waals surface area contributed by atoms with E-state index in [1.807, 2.05) is 18.2 Å². The summed E-state index contributed by atoms with van der Waals surface area (Å²) < 4.78 is 5.05. The van der Waals surface area contributed by atoms with Crippen LogP contribution in [-0.2, 0) is 11.3 Å². The van der Waals surface area contributed by atoms with Gasteiger partial charge in [-0.15, -0.1) is 11.3 Å². The molecule has 1 heterocycles. The lowest BCUT2D eigenvalue weighted by molar-refractivity contribution is -0.384. The second-order valence-electron chi connectivity index (χ2n) is 5.51. The second-order valence-corrected chi connectivity index (χ2v) is 6.68. The molecule has 130 valence electrons. The SMILES string of the molecule is COCCN(C)CCNCc1ccc(-c2ccccc2[N+](=O)[O-])s1. The van der Waals surface area contributed by atoms with Crippen LogP contribution in [0.3, 0.4) is 0 Å². The van der Waals surface area contributed by atoms with Gasteiger partial charge in [-0.3, -0.25) is 10.1 Å². The molecule has 1 N–H and O–H groups in total. The third kappa shape index (κ3) is 5.38. The van der Waals surface area contributed by atoms with E-state index in [4.69, 9.17) is 4.74 Å². The van der Waals surface area contributed by atoms with Gasteiger partial charge in [0, 0.05) is 49.1 Å². The van der Waals surface area contributed by atoms with E-state index in [1.165, 1.54) is 4.88 Å². The molecule has 0 fully saturated rings. The van der Waals surface area contributed by atoms with Gasteiger partial charge >= 0.3 is 0 Å². The first kappa shape index (κ1) is 18.5. The number of nitrogens with one attached hydrogen (secondary N) is 1. The van der Waals surface area contributed by atoms with Crippen molar-refractivity contribution >= 4 is 17.0 Å². The Bertz CT molecular complexity index is 660. The summed E-state index contributed by atoms with van der Waals surface area (Å²) in [6.45, 7) is 4.26. The number of nitrogens with zero attached hydrogens (tertiary/aromatic N) is 2. The van der Waals surface area contributed by atoms with Crippen molar-refractivity contribution in [3.63, 3.8) is 0 Å². The lowest BCUT2D eigenvalue weighted by atomic mass is 10.1. The molecule has 0 amide bonds. The molecule has 2 aromatic rings. The minimum atomic E-state index is -0.331. The molecule has 0 unspecified atom stereocenters. The van der Waals surface area contributed by atoms with Gasteiger partial charge in [-0.05, 0) is 25.2 Å². The van der Waals surface area contributed by atoms with Gasteiger partial charge in [-0.25, -0.2) is 0 Å². The maximum atomic E-state index is 11.1. The van der Waals surface area contributed by atoms with Crippen LogP contribution in [-0.4, -0.2) is 50.2 Å². The van der Waals surface area contributed by atoms with E-state index in [-0.39, 0.29) is 10.6 Å². The number of hydrogen-bond acceptors (Lipinski definition) is 6. The van der Waals surface area contributed by atoms with Crippen molar-refractivity contribution in [3.8, 4) is 10.4 Å². The van der Waals surface area contributed by atoms with E-state index in [2.05, 4.69) is 17.3 Å². The number of para-hydroxylation sites is 1. The van der Waals surface area contributed by atoms with Crippen LogP contribution >= 0.6 is 11.3 Å². The monoisotopic (exact) mass is 349 g/mol. The molecule has 0 aliphatic rings. The van der Waals surface area contributed by atoms with Crippen LogP contribution in [0.5, 0.6) is 0 Å². The zero-order valence-electron chi connectivity index (χ0n) is 14.0. The number of likely N-dealkylation sites (N-methyl/N-ethyl adjacent to an activating group) is 1. The number of nitro groups is 1. The maximum absolute atomic E-state index is 11.1. The fourth-order valence-corrected chi connectivity index (χ4v) is 3.31. The van der Waals surface area contributed by atoms with Crippen LogP contribution in [0.2, 0.25) is 0 Å². The molecule has 0 saturated heterocycles. The molecule has 6 nitrogen and oxygen atoms in total. The number of rotatable bonds is 10. The van der Waals surface area contributed by atoms with Gasteiger partial charge in [0.15, 0.2) is 0 Å². The van der Waals surface area contributed by atoms with Crippen LogP contribution in [0.4, 0.5) is 5.69 Å². The van der Waals surface area contributed by atoms with Crippen LogP contribution in [0.25, 0.3) is 10.4 Å². The summed E-state index contributed by atoms with van der Waals surface area (Å²) in [5.74, 6) is 0. The molecule has 1 aromatic heterocycles. The summed E-state index contributed by atoms with van der Waals surface area (Å²) >= 11 is 1.59. The summed E-state index contributed by atoms with van der Waals surface area (Å²) in [7, 11) is 3.77. The Hall–Kier alpha value is -1.80. The third-order valence-corrected chi connectivity index (χ3v) is 4.79. The normalized spacial score (nSPS) is 11.1. The lowest BCUT2D eigenvalue weighted by Gasteiger charge is -2.15. The van der Waals surface area contributed by atoms with E-state index in [0.717, 1.165) is 37.7 Å².